The molecule has 1 aliphatic rings. The van der Waals surface area contributed by atoms with Gasteiger partial charge in [0, 0.05) is 36.1 Å². The van der Waals surface area contributed by atoms with E-state index in [1.165, 1.54) is 0 Å². The summed E-state index contributed by atoms with van der Waals surface area (Å²) in [5.41, 5.74) is 0.765. The second kappa shape index (κ2) is 6.45. The third-order valence-corrected chi connectivity index (χ3v) is 4.04. The fraction of sp³-hybridized carbons (Fsp3) is 0.438. The van der Waals surface area contributed by atoms with E-state index in [0.29, 0.717) is 23.4 Å². The zero-order valence-electron chi connectivity index (χ0n) is 13.0. The average Bonchev–Trinajstić information content (AvgIpc) is 2.54. The Labute approximate surface area is 136 Å². The molecule has 0 amide bonds. The molecule has 1 aromatic heterocycles. The summed E-state index contributed by atoms with van der Waals surface area (Å²) >= 11 is 0. The molecular formula is C16H17F3N2O3. The highest BCUT2D eigenvalue weighted by atomic mass is 19.4. The van der Waals surface area contributed by atoms with Crippen molar-refractivity contribution in [3.63, 3.8) is 0 Å². The Morgan fingerprint density at radius 1 is 1.38 bits per heavy atom. The number of morpholine rings is 1. The van der Waals surface area contributed by atoms with Crippen molar-refractivity contribution >= 4 is 10.9 Å². The highest BCUT2D eigenvalue weighted by Crippen LogP contribution is 2.26. The van der Waals surface area contributed by atoms with Gasteiger partial charge in [-0.15, -0.1) is 0 Å². The van der Waals surface area contributed by atoms with Gasteiger partial charge in [0.2, 0.25) is 0 Å². The van der Waals surface area contributed by atoms with Gasteiger partial charge in [-0.05, 0) is 24.3 Å². The van der Waals surface area contributed by atoms with Gasteiger partial charge in [-0.1, -0.05) is 0 Å². The van der Waals surface area contributed by atoms with Crippen LogP contribution >= 0.6 is 0 Å². The maximum Gasteiger partial charge on any atom is 0.415 e. The molecule has 0 bridgehead atoms. The van der Waals surface area contributed by atoms with E-state index in [2.05, 4.69) is 4.98 Å². The van der Waals surface area contributed by atoms with Gasteiger partial charge >= 0.3 is 6.18 Å². The summed E-state index contributed by atoms with van der Waals surface area (Å²) in [6.07, 6.45) is -6.21. The Morgan fingerprint density at radius 3 is 2.88 bits per heavy atom. The Hall–Kier alpha value is -2.06. The largest absolute Gasteiger partial charge is 0.497 e. The number of aromatic nitrogens is 1. The van der Waals surface area contributed by atoms with Crippen molar-refractivity contribution in [2.75, 3.05) is 26.8 Å². The first-order valence-electron chi connectivity index (χ1n) is 7.47. The zero-order valence-corrected chi connectivity index (χ0v) is 13.0. The van der Waals surface area contributed by atoms with Gasteiger partial charge in [0.05, 0.1) is 13.7 Å². The summed E-state index contributed by atoms with van der Waals surface area (Å²) in [5.74, 6) is 0.643. The number of H-pyrrole nitrogens is 1. The van der Waals surface area contributed by atoms with Crippen LogP contribution in [0.3, 0.4) is 0 Å². The smallest absolute Gasteiger partial charge is 0.415 e. The number of benzene rings is 1. The van der Waals surface area contributed by atoms with E-state index in [-0.39, 0.29) is 25.3 Å². The van der Waals surface area contributed by atoms with Crippen molar-refractivity contribution in [2.45, 2.75) is 18.8 Å². The Morgan fingerprint density at radius 2 is 2.17 bits per heavy atom. The van der Waals surface area contributed by atoms with Crippen LogP contribution in [0.15, 0.2) is 29.1 Å². The van der Waals surface area contributed by atoms with Gasteiger partial charge in [0.25, 0.3) is 5.56 Å². The molecule has 5 nitrogen and oxygen atoms in total. The Bertz CT molecular complexity index is 788. The van der Waals surface area contributed by atoms with Crippen molar-refractivity contribution in [1.29, 1.82) is 0 Å². The summed E-state index contributed by atoms with van der Waals surface area (Å²) in [4.78, 5) is 16.5. The molecular weight excluding hydrogens is 325 g/mol. The van der Waals surface area contributed by atoms with Gasteiger partial charge in [0.15, 0.2) is 6.10 Å². The molecule has 2 aromatic rings. The summed E-state index contributed by atoms with van der Waals surface area (Å²) in [6, 6.07) is 6.92. The highest BCUT2D eigenvalue weighted by molar-refractivity contribution is 5.80. The molecule has 24 heavy (non-hydrogen) atoms. The van der Waals surface area contributed by atoms with Gasteiger partial charge < -0.3 is 14.5 Å². The number of ether oxygens (including phenoxy) is 2. The molecule has 1 aromatic carbocycles. The lowest BCUT2D eigenvalue weighted by atomic mass is 10.1. The Kier molecular flexibility index (Phi) is 4.51. The molecule has 0 saturated carbocycles. The van der Waals surface area contributed by atoms with Crippen LogP contribution in [-0.4, -0.2) is 49.0 Å². The van der Waals surface area contributed by atoms with Crippen molar-refractivity contribution < 1.29 is 22.6 Å². The van der Waals surface area contributed by atoms with Gasteiger partial charge in [-0.25, -0.2) is 0 Å². The predicted molar refractivity (Wildman–Crippen MR) is 82.2 cm³/mol. The third-order valence-electron chi connectivity index (χ3n) is 4.04. The van der Waals surface area contributed by atoms with Crippen LogP contribution in [0.5, 0.6) is 5.75 Å². The van der Waals surface area contributed by atoms with Crippen LogP contribution in [0.25, 0.3) is 10.9 Å². The number of alkyl halides is 3. The standard InChI is InChI=1S/C16H17F3N2O3/c1-23-12-2-3-13-10(7-12)6-11(15(22)20-13)8-21-4-5-24-14(9-21)16(17,18)19/h2-3,6-7,14H,4-5,8-9H2,1H3,(H,20,22)/t14-/m0/s1. The number of pyridine rings is 1. The lowest BCUT2D eigenvalue weighted by Crippen LogP contribution is -2.49. The number of fused-ring (bicyclic) bond motifs is 1. The summed E-state index contributed by atoms with van der Waals surface area (Å²) in [5, 5.41) is 0.768. The molecule has 1 N–H and O–H groups in total. The molecule has 0 radical (unpaired) electrons. The maximum atomic E-state index is 12.8. The third kappa shape index (κ3) is 3.54. The summed E-state index contributed by atoms with van der Waals surface area (Å²) in [6.45, 7) is 0.198. The molecule has 2 heterocycles. The fourth-order valence-corrected chi connectivity index (χ4v) is 2.76. The number of rotatable bonds is 3. The minimum Gasteiger partial charge on any atom is -0.497 e. The molecule has 130 valence electrons. The first-order valence-corrected chi connectivity index (χ1v) is 7.47. The van der Waals surface area contributed by atoms with E-state index in [1.54, 1.807) is 36.3 Å². The van der Waals surface area contributed by atoms with Crippen LogP contribution in [0.2, 0.25) is 0 Å². The number of nitrogens with one attached hydrogen (secondary N) is 1. The number of methoxy groups -OCH3 is 1. The number of aromatic amines is 1. The van der Waals surface area contributed by atoms with E-state index in [9.17, 15) is 18.0 Å². The van der Waals surface area contributed by atoms with E-state index >= 15 is 0 Å². The Balaban J connectivity index is 1.84. The minimum atomic E-state index is -4.40. The van der Waals surface area contributed by atoms with Crippen LogP contribution in [0.1, 0.15) is 5.56 Å². The first kappa shape index (κ1) is 16.8. The average molecular weight is 342 g/mol. The second-order valence-corrected chi connectivity index (χ2v) is 5.71. The molecule has 1 atom stereocenters. The van der Waals surface area contributed by atoms with Crippen LogP contribution in [0, 0.1) is 0 Å². The van der Waals surface area contributed by atoms with E-state index in [0.717, 1.165) is 5.39 Å². The van der Waals surface area contributed by atoms with Crippen LogP contribution in [-0.2, 0) is 11.3 Å². The van der Waals surface area contributed by atoms with Crippen molar-refractivity contribution in [3.8, 4) is 5.75 Å². The van der Waals surface area contributed by atoms with Crippen molar-refractivity contribution in [1.82, 2.24) is 9.88 Å². The summed E-state index contributed by atoms with van der Waals surface area (Å²) in [7, 11) is 1.54. The lowest BCUT2D eigenvalue weighted by molar-refractivity contribution is -0.237. The van der Waals surface area contributed by atoms with Crippen LogP contribution in [0.4, 0.5) is 13.2 Å². The van der Waals surface area contributed by atoms with Gasteiger partial charge in [-0.3, -0.25) is 9.69 Å². The molecule has 0 aliphatic carbocycles. The monoisotopic (exact) mass is 342 g/mol. The summed E-state index contributed by atoms with van der Waals surface area (Å²) < 4.78 is 48.3. The zero-order chi connectivity index (χ0) is 17.3. The highest BCUT2D eigenvalue weighted by Gasteiger charge is 2.43. The molecule has 3 rings (SSSR count). The number of hydrogen-bond donors (Lipinski definition) is 1. The molecule has 1 saturated heterocycles. The lowest BCUT2D eigenvalue weighted by Gasteiger charge is -2.33. The quantitative estimate of drug-likeness (QED) is 0.930. The normalized spacial score (nSPS) is 19.6. The van der Waals surface area contributed by atoms with E-state index < -0.39 is 12.3 Å². The molecule has 1 aliphatic heterocycles. The maximum absolute atomic E-state index is 12.8. The van der Waals surface area contributed by atoms with Crippen LogP contribution < -0.4 is 10.3 Å². The fourth-order valence-electron chi connectivity index (χ4n) is 2.76. The molecule has 1 fully saturated rings. The second-order valence-electron chi connectivity index (χ2n) is 5.71. The number of hydrogen-bond acceptors (Lipinski definition) is 4. The topological polar surface area (TPSA) is 54.6 Å². The minimum absolute atomic E-state index is 0.0104. The van der Waals surface area contributed by atoms with E-state index in [1.807, 2.05) is 0 Å². The number of nitrogens with zero attached hydrogens (tertiary/aromatic N) is 1. The SMILES string of the molecule is COc1ccc2[nH]c(=O)c(CN3CCO[C@H](C(F)(F)F)C3)cc2c1. The molecule has 8 heteroatoms. The molecule has 0 spiro atoms. The van der Waals surface area contributed by atoms with Gasteiger partial charge in [-0.2, -0.15) is 13.2 Å². The van der Waals surface area contributed by atoms with Gasteiger partial charge in [0.1, 0.15) is 5.75 Å². The van der Waals surface area contributed by atoms with E-state index in [4.69, 9.17) is 9.47 Å². The predicted octanol–water partition coefficient (Wildman–Crippen LogP) is 2.30. The molecule has 0 unspecified atom stereocenters. The first-order chi connectivity index (χ1) is 11.4. The van der Waals surface area contributed by atoms with Crippen molar-refractivity contribution in [3.05, 3.63) is 40.2 Å². The van der Waals surface area contributed by atoms with Crippen molar-refractivity contribution in [2.24, 2.45) is 0 Å². The number of halogens is 3.